The normalized spacial score (nSPS) is 13.8. The van der Waals surface area contributed by atoms with Crippen LogP contribution in [0.5, 0.6) is 0 Å². The zero-order valence-corrected chi connectivity index (χ0v) is 14.2. The van der Waals surface area contributed by atoms with Crippen molar-refractivity contribution in [3.63, 3.8) is 0 Å². The molecule has 0 fully saturated rings. The van der Waals surface area contributed by atoms with E-state index in [-0.39, 0.29) is 5.91 Å². The molecule has 0 spiro atoms. The number of rotatable bonds is 2. The fraction of sp³-hybridized carbons (Fsp3) is 0.211. The van der Waals surface area contributed by atoms with Crippen LogP contribution in [-0.2, 0) is 13.0 Å². The van der Waals surface area contributed by atoms with Gasteiger partial charge in [-0.1, -0.05) is 12.1 Å². The van der Waals surface area contributed by atoms with E-state index in [2.05, 4.69) is 34.4 Å². The molecule has 1 aliphatic heterocycles. The molecule has 0 bridgehead atoms. The van der Waals surface area contributed by atoms with Crippen molar-refractivity contribution < 1.29 is 4.79 Å². The molecule has 0 aliphatic carbocycles. The number of nitrogens with zero attached hydrogens (tertiary/aromatic N) is 3. The second kappa shape index (κ2) is 6.24. The van der Waals surface area contributed by atoms with E-state index in [1.54, 1.807) is 24.2 Å². The third-order valence-electron chi connectivity index (χ3n) is 4.44. The maximum absolute atomic E-state index is 13.0. The molecule has 4 nitrogen and oxygen atoms in total. The lowest BCUT2D eigenvalue weighted by Crippen LogP contribution is -2.36. The van der Waals surface area contributed by atoms with Crippen LogP contribution in [0.1, 0.15) is 21.5 Å². The van der Waals surface area contributed by atoms with E-state index in [1.165, 1.54) is 16.0 Å². The number of fused-ring (bicyclic) bond motifs is 2. The van der Waals surface area contributed by atoms with E-state index in [0.29, 0.717) is 17.6 Å². The van der Waals surface area contributed by atoms with E-state index in [0.717, 1.165) is 18.5 Å². The molecule has 3 aromatic rings. The van der Waals surface area contributed by atoms with Crippen LogP contribution in [0.15, 0.2) is 53.7 Å². The summed E-state index contributed by atoms with van der Waals surface area (Å²) in [7, 11) is 0. The van der Waals surface area contributed by atoms with Gasteiger partial charge >= 0.3 is 0 Å². The van der Waals surface area contributed by atoms with Gasteiger partial charge in [0, 0.05) is 30.4 Å². The minimum atomic E-state index is 0.0284. The Morgan fingerprint density at radius 1 is 1.12 bits per heavy atom. The molecule has 24 heavy (non-hydrogen) atoms. The van der Waals surface area contributed by atoms with Crippen molar-refractivity contribution in [2.75, 3.05) is 12.8 Å². The Morgan fingerprint density at radius 2 is 2.00 bits per heavy atom. The molecule has 1 amide bonds. The van der Waals surface area contributed by atoms with Crippen LogP contribution >= 0.6 is 11.8 Å². The topological polar surface area (TPSA) is 46.1 Å². The maximum atomic E-state index is 13.0. The minimum absolute atomic E-state index is 0.0284. The molecule has 1 aromatic heterocycles. The smallest absolute Gasteiger partial charge is 0.256 e. The van der Waals surface area contributed by atoms with Crippen molar-refractivity contribution in [1.29, 1.82) is 0 Å². The lowest BCUT2D eigenvalue weighted by molar-refractivity contribution is 0.0736. The minimum Gasteiger partial charge on any atom is -0.334 e. The third kappa shape index (κ3) is 2.65. The SMILES string of the molecule is CSc1ccc2c(c1)CCN(C(=O)c1cccc3nccnc13)C2. The zero-order chi connectivity index (χ0) is 16.5. The van der Waals surface area contributed by atoms with E-state index in [1.807, 2.05) is 23.1 Å². The summed E-state index contributed by atoms with van der Waals surface area (Å²) in [5, 5.41) is 0. The Hall–Kier alpha value is -2.40. The number of carbonyl (C=O) groups is 1. The summed E-state index contributed by atoms with van der Waals surface area (Å²) in [6, 6.07) is 12.1. The molecular weight excluding hydrogens is 318 g/mol. The molecule has 0 unspecified atom stereocenters. The first-order valence-corrected chi connectivity index (χ1v) is 9.13. The Kier molecular flexibility index (Phi) is 3.94. The number of amides is 1. The van der Waals surface area contributed by atoms with Gasteiger partial charge in [0.2, 0.25) is 0 Å². The van der Waals surface area contributed by atoms with Gasteiger partial charge in [-0.25, -0.2) is 0 Å². The summed E-state index contributed by atoms with van der Waals surface area (Å²) < 4.78 is 0. The van der Waals surface area contributed by atoms with E-state index in [9.17, 15) is 4.79 Å². The molecule has 4 rings (SSSR count). The van der Waals surface area contributed by atoms with Crippen LogP contribution in [0.3, 0.4) is 0 Å². The van der Waals surface area contributed by atoms with Gasteiger partial charge in [0.25, 0.3) is 5.91 Å². The summed E-state index contributed by atoms with van der Waals surface area (Å²) in [5.41, 5.74) is 4.64. The van der Waals surface area contributed by atoms with Crippen molar-refractivity contribution >= 4 is 28.7 Å². The highest BCUT2D eigenvalue weighted by molar-refractivity contribution is 7.98. The van der Waals surface area contributed by atoms with Crippen LogP contribution in [0.2, 0.25) is 0 Å². The van der Waals surface area contributed by atoms with E-state index >= 15 is 0 Å². The number of aromatic nitrogens is 2. The largest absolute Gasteiger partial charge is 0.334 e. The maximum Gasteiger partial charge on any atom is 0.256 e. The fourth-order valence-corrected chi connectivity index (χ4v) is 3.63. The molecule has 0 N–H and O–H groups in total. The molecule has 120 valence electrons. The summed E-state index contributed by atoms with van der Waals surface area (Å²) in [6.07, 6.45) is 6.26. The van der Waals surface area contributed by atoms with Crippen LogP contribution in [0.25, 0.3) is 11.0 Å². The summed E-state index contributed by atoms with van der Waals surface area (Å²) in [4.78, 5) is 24.8. The van der Waals surface area contributed by atoms with E-state index in [4.69, 9.17) is 0 Å². The van der Waals surface area contributed by atoms with Crippen LogP contribution in [0.4, 0.5) is 0 Å². The Balaban J connectivity index is 1.65. The van der Waals surface area contributed by atoms with Crippen molar-refractivity contribution in [2.24, 2.45) is 0 Å². The molecule has 0 saturated heterocycles. The van der Waals surface area contributed by atoms with Crippen molar-refractivity contribution in [3.8, 4) is 0 Å². The second-order valence-corrected chi connectivity index (χ2v) is 6.72. The van der Waals surface area contributed by atoms with Gasteiger partial charge in [-0.05, 0) is 48.1 Å². The van der Waals surface area contributed by atoms with Crippen molar-refractivity contribution in [2.45, 2.75) is 17.9 Å². The lowest BCUT2D eigenvalue weighted by atomic mass is 9.99. The molecule has 1 aliphatic rings. The Morgan fingerprint density at radius 3 is 2.88 bits per heavy atom. The molecule has 0 saturated carbocycles. The van der Waals surface area contributed by atoms with Gasteiger partial charge < -0.3 is 4.90 Å². The van der Waals surface area contributed by atoms with Crippen molar-refractivity contribution in [1.82, 2.24) is 14.9 Å². The predicted octanol–water partition coefficient (Wildman–Crippen LogP) is 3.55. The first kappa shape index (κ1) is 15.1. The van der Waals surface area contributed by atoms with Gasteiger partial charge in [0.15, 0.2) is 0 Å². The van der Waals surface area contributed by atoms with Crippen LogP contribution < -0.4 is 0 Å². The van der Waals surface area contributed by atoms with E-state index < -0.39 is 0 Å². The highest BCUT2D eigenvalue weighted by Crippen LogP contribution is 2.26. The quantitative estimate of drug-likeness (QED) is 0.672. The predicted molar refractivity (Wildman–Crippen MR) is 96.2 cm³/mol. The lowest BCUT2D eigenvalue weighted by Gasteiger charge is -2.29. The summed E-state index contributed by atoms with van der Waals surface area (Å²) in [6.45, 7) is 1.39. The van der Waals surface area contributed by atoms with Gasteiger partial charge in [-0.2, -0.15) is 0 Å². The highest BCUT2D eigenvalue weighted by Gasteiger charge is 2.23. The summed E-state index contributed by atoms with van der Waals surface area (Å²) >= 11 is 1.75. The number of hydrogen-bond donors (Lipinski definition) is 0. The van der Waals surface area contributed by atoms with Gasteiger partial charge in [0.1, 0.15) is 5.52 Å². The second-order valence-electron chi connectivity index (χ2n) is 5.84. The number of thioether (sulfide) groups is 1. The van der Waals surface area contributed by atoms with Crippen LogP contribution in [-0.4, -0.2) is 33.6 Å². The number of benzene rings is 2. The zero-order valence-electron chi connectivity index (χ0n) is 13.4. The molecule has 2 heterocycles. The molecule has 0 radical (unpaired) electrons. The van der Waals surface area contributed by atoms with Crippen LogP contribution in [0, 0.1) is 0 Å². The average Bonchev–Trinajstić information content (AvgIpc) is 2.66. The standard InChI is InChI=1S/C19H17N3OS/c1-24-15-6-5-14-12-22(10-7-13(14)11-15)19(23)16-3-2-4-17-18(16)21-9-8-20-17/h2-6,8-9,11H,7,10,12H2,1H3. The molecular formula is C19H17N3OS. The number of hydrogen-bond acceptors (Lipinski definition) is 4. The fourth-order valence-electron chi connectivity index (χ4n) is 3.17. The first-order chi connectivity index (χ1) is 11.8. The molecule has 0 atom stereocenters. The van der Waals surface area contributed by atoms with Gasteiger partial charge in [-0.15, -0.1) is 11.8 Å². The first-order valence-electron chi connectivity index (χ1n) is 7.91. The van der Waals surface area contributed by atoms with Crippen molar-refractivity contribution in [3.05, 3.63) is 65.5 Å². The van der Waals surface area contributed by atoms with Gasteiger partial charge in [0.05, 0.1) is 11.1 Å². The Labute approximate surface area is 144 Å². The third-order valence-corrected chi connectivity index (χ3v) is 5.17. The summed E-state index contributed by atoms with van der Waals surface area (Å²) in [5.74, 6) is 0.0284. The number of para-hydroxylation sites is 1. The van der Waals surface area contributed by atoms with Gasteiger partial charge in [-0.3, -0.25) is 14.8 Å². The number of carbonyl (C=O) groups excluding carboxylic acids is 1. The molecule has 2 aromatic carbocycles. The molecule has 5 heteroatoms. The highest BCUT2D eigenvalue weighted by atomic mass is 32.2. The monoisotopic (exact) mass is 335 g/mol. The average molecular weight is 335 g/mol. The Bertz CT molecular complexity index is 920.